The second-order valence-electron chi connectivity index (χ2n) is 4.14. The second-order valence-corrected chi connectivity index (χ2v) is 7.70. The molecular formula is C12H11ClN2O4S2. The molecule has 0 saturated carbocycles. The molecule has 0 amide bonds. The Morgan fingerprint density at radius 1 is 1.38 bits per heavy atom. The van der Waals surface area contributed by atoms with E-state index in [1.807, 2.05) is 13.0 Å². The molecule has 0 fully saturated rings. The summed E-state index contributed by atoms with van der Waals surface area (Å²) in [5.74, 6) is 0. The smallest absolute Gasteiger partial charge is 0.279 e. The first-order valence-corrected chi connectivity index (χ1v) is 8.56. The number of anilines is 1. The number of sulfonamides is 1. The summed E-state index contributed by atoms with van der Waals surface area (Å²) in [6.45, 7) is 1.95. The number of nitro groups is 1. The van der Waals surface area contributed by atoms with Crippen molar-refractivity contribution in [2.24, 2.45) is 0 Å². The fraction of sp³-hybridized carbons (Fsp3) is 0.167. The van der Waals surface area contributed by atoms with Gasteiger partial charge in [-0.15, -0.1) is 11.3 Å². The van der Waals surface area contributed by atoms with Crippen LogP contribution in [0, 0.1) is 10.1 Å². The fourth-order valence-electron chi connectivity index (χ4n) is 1.66. The van der Waals surface area contributed by atoms with Crippen molar-refractivity contribution in [1.29, 1.82) is 0 Å². The Balaban J connectivity index is 2.34. The van der Waals surface area contributed by atoms with Crippen LogP contribution < -0.4 is 4.72 Å². The number of hydrogen-bond donors (Lipinski definition) is 1. The van der Waals surface area contributed by atoms with Gasteiger partial charge < -0.3 is 0 Å². The standard InChI is InChI=1S/C12H11ClN2O4S2/c1-2-8-4-3-5-9(6-8)14-21(18,19)11-7-10(15(16)17)12(13)20-11/h3-7,14H,2H2,1H3. The maximum absolute atomic E-state index is 12.2. The second kappa shape index (κ2) is 6.00. The average molecular weight is 347 g/mol. The van der Waals surface area contributed by atoms with Crippen LogP contribution in [0.4, 0.5) is 11.4 Å². The predicted molar refractivity (Wildman–Crippen MR) is 82.6 cm³/mol. The zero-order chi connectivity index (χ0) is 15.6. The van der Waals surface area contributed by atoms with Gasteiger partial charge in [-0.2, -0.15) is 0 Å². The third-order valence-electron chi connectivity index (χ3n) is 2.70. The molecule has 0 aliphatic heterocycles. The topological polar surface area (TPSA) is 89.3 Å². The molecule has 0 spiro atoms. The van der Waals surface area contributed by atoms with Crippen LogP contribution in [0.2, 0.25) is 4.34 Å². The highest BCUT2D eigenvalue weighted by atomic mass is 35.5. The summed E-state index contributed by atoms with van der Waals surface area (Å²) in [4.78, 5) is 10.0. The van der Waals surface area contributed by atoms with Gasteiger partial charge in [0.2, 0.25) is 0 Å². The summed E-state index contributed by atoms with van der Waals surface area (Å²) < 4.78 is 26.4. The molecule has 0 saturated heterocycles. The quantitative estimate of drug-likeness (QED) is 0.660. The zero-order valence-electron chi connectivity index (χ0n) is 10.9. The molecule has 112 valence electrons. The number of thiophene rings is 1. The van der Waals surface area contributed by atoms with Crippen LogP contribution in [0.15, 0.2) is 34.5 Å². The molecule has 0 radical (unpaired) electrons. The molecule has 2 rings (SSSR count). The van der Waals surface area contributed by atoms with Crippen LogP contribution in [-0.4, -0.2) is 13.3 Å². The van der Waals surface area contributed by atoms with Gasteiger partial charge in [-0.05, 0) is 24.1 Å². The highest BCUT2D eigenvalue weighted by molar-refractivity contribution is 7.94. The van der Waals surface area contributed by atoms with Gasteiger partial charge in [0.1, 0.15) is 4.21 Å². The van der Waals surface area contributed by atoms with Crippen LogP contribution in [0.25, 0.3) is 0 Å². The molecule has 2 aromatic rings. The first-order valence-electron chi connectivity index (χ1n) is 5.89. The minimum atomic E-state index is -3.89. The minimum absolute atomic E-state index is 0.164. The number of hydrogen-bond acceptors (Lipinski definition) is 5. The van der Waals surface area contributed by atoms with E-state index in [9.17, 15) is 18.5 Å². The molecule has 1 aromatic carbocycles. The lowest BCUT2D eigenvalue weighted by molar-refractivity contribution is -0.384. The minimum Gasteiger partial charge on any atom is -0.279 e. The number of nitrogens with one attached hydrogen (secondary N) is 1. The lowest BCUT2D eigenvalue weighted by Crippen LogP contribution is -2.11. The summed E-state index contributed by atoms with van der Waals surface area (Å²) in [5, 5.41) is 10.7. The lowest BCUT2D eigenvalue weighted by atomic mass is 10.1. The Bertz CT molecular complexity index is 786. The molecule has 9 heteroatoms. The van der Waals surface area contributed by atoms with Crippen LogP contribution >= 0.6 is 22.9 Å². The van der Waals surface area contributed by atoms with E-state index < -0.39 is 20.6 Å². The first kappa shape index (κ1) is 15.7. The van der Waals surface area contributed by atoms with E-state index in [1.54, 1.807) is 18.2 Å². The summed E-state index contributed by atoms with van der Waals surface area (Å²) >= 11 is 6.33. The molecule has 0 aliphatic rings. The van der Waals surface area contributed by atoms with Crippen molar-refractivity contribution in [2.75, 3.05) is 4.72 Å². The van der Waals surface area contributed by atoms with E-state index >= 15 is 0 Å². The van der Waals surface area contributed by atoms with Gasteiger partial charge in [0.15, 0.2) is 4.34 Å². The number of nitrogens with zero attached hydrogens (tertiary/aromatic N) is 1. The van der Waals surface area contributed by atoms with Crippen LogP contribution in [0.1, 0.15) is 12.5 Å². The average Bonchev–Trinajstić information content (AvgIpc) is 2.81. The predicted octanol–water partition coefficient (Wildman–Crippen LogP) is 3.67. The van der Waals surface area contributed by atoms with Crippen molar-refractivity contribution in [3.8, 4) is 0 Å². The Labute approximate surface area is 130 Å². The van der Waals surface area contributed by atoms with Crippen LogP contribution in [0.5, 0.6) is 0 Å². The van der Waals surface area contributed by atoms with Crippen LogP contribution in [0.3, 0.4) is 0 Å². The molecule has 6 nitrogen and oxygen atoms in total. The number of aryl methyl sites for hydroxylation is 1. The van der Waals surface area contributed by atoms with E-state index in [4.69, 9.17) is 11.6 Å². The number of benzene rings is 1. The van der Waals surface area contributed by atoms with Gasteiger partial charge >= 0.3 is 0 Å². The Hall–Kier alpha value is -1.64. The third-order valence-corrected chi connectivity index (χ3v) is 5.89. The van der Waals surface area contributed by atoms with E-state index in [-0.39, 0.29) is 8.55 Å². The molecule has 21 heavy (non-hydrogen) atoms. The van der Waals surface area contributed by atoms with Gasteiger partial charge in [-0.3, -0.25) is 14.8 Å². The Kier molecular flexibility index (Phi) is 4.50. The van der Waals surface area contributed by atoms with Crippen molar-refractivity contribution >= 4 is 44.3 Å². The molecule has 0 aliphatic carbocycles. The molecule has 0 unspecified atom stereocenters. The molecule has 1 heterocycles. The fourth-order valence-corrected chi connectivity index (χ4v) is 4.37. The van der Waals surface area contributed by atoms with Gasteiger partial charge in [-0.25, -0.2) is 8.42 Å². The Morgan fingerprint density at radius 3 is 2.67 bits per heavy atom. The van der Waals surface area contributed by atoms with Crippen molar-refractivity contribution in [1.82, 2.24) is 0 Å². The van der Waals surface area contributed by atoms with Crippen molar-refractivity contribution in [3.05, 3.63) is 50.3 Å². The van der Waals surface area contributed by atoms with Gasteiger partial charge in [0.25, 0.3) is 15.7 Å². The van der Waals surface area contributed by atoms with Crippen molar-refractivity contribution < 1.29 is 13.3 Å². The van der Waals surface area contributed by atoms with Crippen molar-refractivity contribution in [3.63, 3.8) is 0 Å². The zero-order valence-corrected chi connectivity index (χ0v) is 13.3. The summed E-state index contributed by atoms with van der Waals surface area (Å²) in [6.07, 6.45) is 0.770. The highest BCUT2D eigenvalue weighted by Gasteiger charge is 2.25. The van der Waals surface area contributed by atoms with E-state index in [2.05, 4.69) is 4.72 Å². The summed E-state index contributed by atoms with van der Waals surface area (Å²) in [5.41, 5.74) is 0.969. The molecular weight excluding hydrogens is 336 g/mol. The van der Waals surface area contributed by atoms with E-state index in [0.29, 0.717) is 17.0 Å². The van der Waals surface area contributed by atoms with E-state index in [0.717, 1.165) is 18.1 Å². The van der Waals surface area contributed by atoms with Gasteiger partial charge in [0, 0.05) is 11.8 Å². The normalized spacial score (nSPS) is 11.3. The number of halogens is 1. The maximum Gasteiger partial charge on any atom is 0.300 e. The van der Waals surface area contributed by atoms with Crippen LogP contribution in [-0.2, 0) is 16.4 Å². The van der Waals surface area contributed by atoms with Gasteiger partial charge in [-0.1, -0.05) is 30.7 Å². The van der Waals surface area contributed by atoms with Gasteiger partial charge in [0.05, 0.1) is 4.92 Å². The van der Waals surface area contributed by atoms with Crippen molar-refractivity contribution in [2.45, 2.75) is 17.6 Å². The van der Waals surface area contributed by atoms with E-state index in [1.165, 1.54) is 0 Å². The maximum atomic E-state index is 12.2. The third kappa shape index (κ3) is 3.52. The monoisotopic (exact) mass is 346 g/mol. The molecule has 1 aromatic heterocycles. The Morgan fingerprint density at radius 2 is 2.10 bits per heavy atom. The SMILES string of the molecule is CCc1cccc(NS(=O)(=O)c2cc([N+](=O)[O-])c(Cl)s2)c1. The lowest BCUT2D eigenvalue weighted by Gasteiger charge is -2.07. The molecule has 0 bridgehead atoms. The summed E-state index contributed by atoms with van der Waals surface area (Å²) in [6, 6.07) is 7.89. The largest absolute Gasteiger partial charge is 0.300 e. The number of rotatable bonds is 5. The first-order chi connectivity index (χ1) is 9.83. The molecule has 0 atom stereocenters. The summed E-state index contributed by atoms with van der Waals surface area (Å²) in [7, 11) is -3.89. The molecule has 1 N–H and O–H groups in total. The highest BCUT2D eigenvalue weighted by Crippen LogP contribution is 2.36.